The number of nitrogens with zero attached hydrogens (tertiary/aromatic N) is 2. The summed E-state index contributed by atoms with van der Waals surface area (Å²) in [7, 11) is 0. The second-order valence-corrected chi connectivity index (χ2v) is 4.71. The quantitative estimate of drug-likeness (QED) is 0.347. The maximum absolute atomic E-state index is 8.62. The Morgan fingerprint density at radius 1 is 1.53 bits per heavy atom. The highest BCUT2D eigenvalue weighted by atomic mass is 35.5. The first-order chi connectivity index (χ1) is 9.13. The molecule has 0 spiro atoms. The second kappa shape index (κ2) is 5.75. The van der Waals surface area contributed by atoms with E-state index in [0.717, 1.165) is 16.6 Å². The largest absolute Gasteiger partial charge is 0.409 e. The summed E-state index contributed by atoms with van der Waals surface area (Å²) in [6.07, 6.45) is 1.72. The summed E-state index contributed by atoms with van der Waals surface area (Å²) in [6.45, 7) is 2.41. The molecule has 100 valence electrons. The van der Waals surface area contributed by atoms with E-state index < -0.39 is 0 Å². The number of hydrogen-bond donors (Lipinski definition) is 3. The van der Waals surface area contributed by atoms with Gasteiger partial charge in [-0.1, -0.05) is 23.7 Å². The topological polar surface area (TPSA) is 83.5 Å². The van der Waals surface area contributed by atoms with E-state index in [1.165, 1.54) is 0 Å². The Morgan fingerprint density at radius 2 is 2.32 bits per heavy atom. The van der Waals surface area contributed by atoms with Crippen molar-refractivity contribution in [2.24, 2.45) is 16.8 Å². The fraction of sp³-hybridized carbons (Fsp3) is 0.231. The number of pyridine rings is 1. The molecule has 1 unspecified atom stereocenters. The third-order valence-corrected chi connectivity index (χ3v) is 3.27. The van der Waals surface area contributed by atoms with Gasteiger partial charge in [-0.25, -0.2) is 0 Å². The molecule has 5 nitrogen and oxygen atoms in total. The van der Waals surface area contributed by atoms with Gasteiger partial charge < -0.3 is 16.3 Å². The van der Waals surface area contributed by atoms with Crippen molar-refractivity contribution < 1.29 is 5.21 Å². The molecule has 0 aliphatic carbocycles. The van der Waals surface area contributed by atoms with Crippen LogP contribution >= 0.6 is 11.6 Å². The third kappa shape index (κ3) is 2.88. The van der Waals surface area contributed by atoms with Crippen LogP contribution in [-0.4, -0.2) is 22.6 Å². The van der Waals surface area contributed by atoms with Gasteiger partial charge in [0.25, 0.3) is 0 Å². The molecule has 0 saturated heterocycles. The number of fused-ring (bicyclic) bond motifs is 1. The summed E-state index contributed by atoms with van der Waals surface area (Å²) in [5.74, 6) is 0.109. The van der Waals surface area contributed by atoms with Crippen LogP contribution in [-0.2, 0) is 0 Å². The molecule has 6 heteroatoms. The average Bonchev–Trinajstić information content (AvgIpc) is 2.45. The standard InChI is InChI=1S/C13H15ClN4O/c1-8(13(15)18-19)7-17-11-5-4-10(14)9-3-2-6-16-12(9)11/h2-6,8,17,19H,7H2,1H3,(H2,15,18). The Balaban J connectivity index is 2.24. The molecule has 0 radical (unpaired) electrons. The van der Waals surface area contributed by atoms with E-state index in [2.05, 4.69) is 15.5 Å². The molecule has 2 rings (SSSR count). The molecule has 0 bridgehead atoms. The zero-order chi connectivity index (χ0) is 13.8. The molecule has 4 N–H and O–H groups in total. The van der Waals surface area contributed by atoms with E-state index in [4.69, 9.17) is 22.5 Å². The summed E-state index contributed by atoms with van der Waals surface area (Å²) < 4.78 is 0. The van der Waals surface area contributed by atoms with Crippen LogP contribution in [0, 0.1) is 5.92 Å². The van der Waals surface area contributed by atoms with Crippen molar-refractivity contribution >= 4 is 34.0 Å². The van der Waals surface area contributed by atoms with E-state index in [9.17, 15) is 0 Å². The monoisotopic (exact) mass is 278 g/mol. The van der Waals surface area contributed by atoms with Gasteiger partial charge in [-0.3, -0.25) is 4.98 Å². The summed E-state index contributed by atoms with van der Waals surface area (Å²) >= 11 is 6.12. The van der Waals surface area contributed by atoms with Gasteiger partial charge in [-0.2, -0.15) is 0 Å². The van der Waals surface area contributed by atoms with Crippen molar-refractivity contribution in [3.63, 3.8) is 0 Å². The lowest BCUT2D eigenvalue weighted by molar-refractivity contribution is 0.315. The molecule has 0 fully saturated rings. The normalized spacial score (nSPS) is 13.5. The first kappa shape index (κ1) is 13.4. The minimum Gasteiger partial charge on any atom is -0.409 e. The number of halogens is 1. The lowest BCUT2D eigenvalue weighted by Gasteiger charge is -2.13. The van der Waals surface area contributed by atoms with Crippen LogP contribution in [0.3, 0.4) is 0 Å². The predicted molar refractivity (Wildman–Crippen MR) is 77.8 cm³/mol. The lowest BCUT2D eigenvalue weighted by atomic mass is 10.1. The molecule has 19 heavy (non-hydrogen) atoms. The molecule has 0 saturated carbocycles. The maximum atomic E-state index is 8.62. The number of nitrogens with one attached hydrogen (secondary N) is 1. The average molecular weight is 279 g/mol. The SMILES string of the molecule is CC(CNc1ccc(Cl)c2cccnc12)/C(N)=N/O. The number of hydrogen-bond acceptors (Lipinski definition) is 4. The molecule has 1 aromatic carbocycles. The molecule has 1 heterocycles. The highest BCUT2D eigenvalue weighted by Crippen LogP contribution is 2.27. The molecule has 0 aliphatic rings. The van der Waals surface area contributed by atoms with Gasteiger partial charge in [-0.05, 0) is 24.3 Å². The predicted octanol–water partition coefficient (Wildman–Crippen LogP) is 2.68. The van der Waals surface area contributed by atoms with E-state index in [0.29, 0.717) is 11.6 Å². The number of anilines is 1. The zero-order valence-corrected chi connectivity index (χ0v) is 11.2. The van der Waals surface area contributed by atoms with Gasteiger partial charge in [0.05, 0.1) is 16.2 Å². The Kier molecular flexibility index (Phi) is 4.06. The van der Waals surface area contributed by atoms with Crippen molar-refractivity contribution in [3.8, 4) is 0 Å². The van der Waals surface area contributed by atoms with Crippen LogP contribution in [0.4, 0.5) is 5.69 Å². The van der Waals surface area contributed by atoms with Crippen LogP contribution in [0.25, 0.3) is 10.9 Å². The van der Waals surface area contributed by atoms with Gasteiger partial charge in [0.2, 0.25) is 0 Å². The highest BCUT2D eigenvalue weighted by molar-refractivity contribution is 6.35. The number of amidine groups is 1. The fourth-order valence-corrected chi connectivity index (χ4v) is 1.96. The number of oxime groups is 1. The van der Waals surface area contributed by atoms with Crippen molar-refractivity contribution in [2.75, 3.05) is 11.9 Å². The molecule has 1 atom stereocenters. The van der Waals surface area contributed by atoms with Gasteiger partial charge in [0, 0.05) is 24.0 Å². The van der Waals surface area contributed by atoms with E-state index >= 15 is 0 Å². The number of benzene rings is 1. The fourth-order valence-electron chi connectivity index (χ4n) is 1.75. The molecule has 0 aliphatic heterocycles. The summed E-state index contributed by atoms with van der Waals surface area (Å²) in [6, 6.07) is 7.46. The number of aromatic nitrogens is 1. The minimum atomic E-state index is -0.0839. The van der Waals surface area contributed by atoms with E-state index in [-0.39, 0.29) is 11.8 Å². The first-order valence-corrected chi connectivity index (χ1v) is 6.25. The number of nitrogens with two attached hydrogens (primary N) is 1. The second-order valence-electron chi connectivity index (χ2n) is 4.30. The van der Waals surface area contributed by atoms with Gasteiger partial charge in [-0.15, -0.1) is 0 Å². The van der Waals surface area contributed by atoms with Crippen LogP contribution in [0.5, 0.6) is 0 Å². The summed E-state index contributed by atoms with van der Waals surface area (Å²) in [4.78, 5) is 4.33. The Hall–Kier alpha value is -2.01. The van der Waals surface area contributed by atoms with Crippen molar-refractivity contribution in [3.05, 3.63) is 35.5 Å². The minimum absolute atomic E-state index is 0.0839. The lowest BCUT2D eigenvalue weighted by Crippen LogP contribution is -2.27. The van der Waals surface area contributed by atoms with E-state index in [1.807, 2.05) is 31.2 Å². The third-order valence-electron chi connectivity index (χ3n) is 2.94. The van der Waals surface area contributed by atoms with Gasteiger partial charge in [0.1, 0.15) is 5.84 Å². The van der Waals surface area contributed by atoms with Crippen LogP contribution < -0.4 is 11.1 Å². The Labute approximate surface area is 116 Å². The molecular formula is C13H15ClN4O. The van der Waals surface area contributed by atoms with Crippen molar-refractivity contribution in [1.82, 2.24) is 4.98 Å². The smallest absolute Gasteiger partial charge is 0.143 e. The Morgan fingerprint density at radius 3 is 3.05 bits per heavy atom. The number of rotatable bonds is 4. The highest BCUT2D eigenvalue weighted by Gasteiger charge is 2.09. The Bertz CT molecular complexity index is 615. The van der Waals surface area contributed by atoms with Crippen molar-refractivity contribution in [1.29, 1.82) is 0 Å². The molecular weight excluding hydrogens is 264 g/mol. The van der Waals surface area contributed by atoms with Crippen LogP contribution in [0.2, 0.25) is 5.02 Å². The molecule has 0 amide bonds. The summed E-state index contributed by atoms with van der Waals surface area (Å²) in [5.41, 5.74) is 7.22. The summed E-state index contributed by atoms with van der Waals surface area (Å²) in [5, 5.41) is 16.4. The molecule has 2 aromatic rings. The van der Waals surface area contributed by atoms with Crippen LogP contribution in [0.1, 0.15) is 6.92 Å². The van der Waals surface area contributed by atoms with Crippen LogP contribution in [0.15, 0.2) is 35.6 Å². The van der Waals surface area contributed by atoms with Gasteiger partial charge >= 0.3 is 0 Å². The maximum Gasteiger partial charge on any atom is 0.143 e. The van der Waals surface area contributed by atoms with E-state index in [1.54, 1.807) is 6.20 Å². The zero-order valence-electron chi connectivity index (χ0n) is 10.5. The van der Waals surface area contributed by atoms with Gasteiger partial charge in [0.15, 0.2) is 0 Å². The molecule has 1 aromatic heterocycles. The van der Waals surface area contributed by atoms with Crippen molar-refractivity contribution in [2.45, 2.75) is 6.92 Å². The first-order valence-electron chi connectivity index (χ1n) is 5.88.